The first-order chi connectivity index (χ1) is 9.53. The summed E-state index contributed by atoms with van der Waals surface area (Å²) in [6, 6.07) is 3.06. The van der Waals surface area contributed by atoms with Crippen molar-refractivity contribution < 1.29 is 23.8 Å². The lowest BCUT2D eigenvalue weighted by Crippen LogP contribution is -2.25. The second-order valence-corrected chi connectivity index (χ2v) is 4.53. The number of carbonyl (C=O) groups is 2. The zero-order valence-corrected chi connectivity index (χ0v) is 13.1. The van der Waals surface area contributed by atoms with Crippen LogP contribution in [0.4, 0.5) is 0 Å². The van der Waals surface area contributed by atoms with Crippen LogP contribution in [-0.2, 0) is 9.53 Å². The number of nitrogens with one attached hydrogen (secondary N) is 1. The van der Waals surface area contributed by atoms with Gasteiger partial charge >= 0.3 is 5.97 Å². The molecule has 1 aromatic rings. The molecule has 0 spiro atoms. The van der Waals surface area contributed by atoms with Crippen molar-refractivity contribution in [1.29, 1.82) is 0 Å². The Morgan fingerprint density at radius 1 is 1.35 bits per heavy atom. The first-order valence-corrected chi connectivity index (χ1v) is 6.70. The highest BCUT2D eigenvalue weighted by molar-refractivity contribution is 9.10. The van der Waals surface area contributed by atoms with Crippen LogP contribution >= 0.6 is 15.9 Å². The smallest absolute Gasteiger partial charge is 0.338 e. The standard InChI is InChI=1S/C13H16BrNO5/c1-4-19-10-6-8(5-9(14)12(10)18-3)13(17)20-7-11(16)15-2/h5-6H,4,7H2,1-3H3,(H,15,16). The fourth-order valence-electron chi connectivity index (χ4n) is 1.43. The maximum atomic E-state index is 11.9. The number of likely N-dealkylation sites (N-methyl/N-ethyl adjacent to an activating group) is 1. The van der Waals surface area contributed by atoms with Gasteiger partial charge in [-0.1, -0.05) is 0 Å². The van der Waals surface area contributed by atoms with Gasteiger partial charge in [0.2, 0.25) is 0 Å². The van der Waals surface area contributed by atoms with Gasteiger partial charge in [0.1, 0.15) is 0 Å². The summed E-state index contributed by atoms with van der Waals surface area (Å²) in [4.78, 5) is 22.9. The van der Waals surface area contributed by atoms with Gasteiger partial charge < -0.3 is 19.5 Å². The van der Waals surface area contributed by atoms with E-state index in [2.05, 4.69) is 21.2 Å². The highest BCUT2D eigenvalue weighted by atomic mass is 79.9. The number of hydrogen-bond donors (Lipinski definition) is 1. The fraction of sp³-hybridized carbons (Fsp3) is 0.385. The first kappa shape index (κ1) is 16.3. The molecule has 0 aliphatic carbocycles. The Morgan fingerprint density at radius 2 is 2.05 bits per heavy atom. The van der Waals surface area contributed by atoms with Crippen molar-refractivity contribution in [3.05, 3.63) is 22.2 Å². The number of halogens is 1. The van der Waals surface area contributed by atoms with Crippen LogP contribution in [0.5, 0.6) is 11.5 Å². The molecule has 110 valence electrons. The first-order valence-electron chi connectivity index (χ1n) is 5.91. The Bertz CT molecular complexity index is 504. The average molecular weight is 346 g/mol. The van der Waals surface area contributed by atoms with E-state index in [1.54, 1.807) is 6.07 Å². The lowest BCUT2D eigenvalue weighted by atomic mass is 10.2. The predicted molar refractivity (Wildman–Crippen MR) is 76.2 cm³/mol. The number of amides is 1. The van der Waals surface area contributed by atoms with Gasteiger partial charge in [0.05, 0.1) is 23.8 Å². The summed E-state index contributed by atoms with van der Waals surface area (Å²) in [7, 11) is 2.97. The minimum atomic E-state index is -0.613. The van der Waals surface area contributed by atoms with Crippen molar-refractivity contribution in [3.63, 3.8) is 0 Å². The Morgan fingerprint density at radius 3 is 2.60 bits per heavy atom. The van der Waals surface area contributed by atoms with E-state index in [9.17, 15) is 9.59 Å². The molecule has 0 aliphatic rings. The summed E-state index contributed by atoms with van der Waals surface area (Å²) in [5.41, 5.74) is 0.269. The number of carbonyl (C=O) groups excluding carboxylic acids is 2. The molecule has 0 fully saturated rings. The van der Waals surface area contributed by atoms with Gasteiger partial charge in [-0.25, -0.2) is 4.79 Å². The number of benzene rings is 1. The number of hydrogen-bond acceptors (Lipinski definition) is 5. The number of ether oxygens (including phenoxy) is 3. The quantitative estimate of drug-likeness (QED) is 0.795. The molecule has 6 nitrogen and oxygen atoms in total. The highest BCUT2D eigenvalue weighted by Crippen LogP contribution is 2.36. The number of rotatable bonds is 6. The molecule has 0 radical (unpaired) electrons. The fourth-order valence-corrected chi connectivity index (χ4v) is 2.04. The molecule has 20 heavy (non-hydrogen) atoms. The van der Waals surface area contributed by atoms with Crippen LogP contribution in [0.1, 0.15) is 17.3 Å². The molecule has 1 N–H and O–H groups in total. The Labute approximate surface area is 125 Å². The molecule has 1 aromatic carbocycles. The molecule has 7 heteroatoms. The topological polar surface area (TPSA) is 73.9 Å². The van der Waals surface area contributed by atoms with Crippen LogP contribution in [0.25, 0.3) is 0 Å². The van der Waals surface area contributed by atoms with Crippen molar-refractivity contribution in [2.24, 2.45) is 0 Å². The Kier molecular flexibility index (Phi) is 6.30. The van der Waals surface area contributed by atoms with Crippen LogP contribution in [-0.4, -0.2) is 39.2 Å². The van der Waals surface area contributed by atoms with E-state index in [0.717, 1.165) is 0 Å². The minimum absolute atomic E-state index is 0.269. The van der Waals surface area contributed by atoms with Crippen LogP contribution in [0, 0.1) is 0 Å². The SMILES string of the molecule is CCOc1cc(C(=O)OCC(=O)NC)cc(Br)c1OC. The lowest BCUT2D eigenvalue weighted by molar-refractivity contribution is -0.123. The van der Waals surface area contributed by atoms with E-state index in [0.29, 0.717) is 22.6 Å². The van der Waals surface area contributed by atoms with Crippen molar-refractivity contribution in [1.82, 2.24) is 5.32 Å². The van der Waals surface area contributed by atoms with E-state index < -0.39 is 5.97 Å². The molecule has 0 atom stereocenters. The van der Waals surface area contributed by atoms with E-state index in [1.807, 2.05) is 6.92 Å². The maximum Gasteiger partial charge on any atom is 0.338 e. The van der Waals surface area contributed by atoms with E-state index in [-0.39, 0.29) is 18.1 Å². The van der Waals surface area contributed by atoms with Gasteiger partial charge in [-0.2, -0.15) is 0 Å². The van der Waals surface area contributed by atoms with E-state index >= 15 is 0 Å². The second kappa shape index (κ2) is 7.74. The van der Waals surface area contributed by atoms with Crippen LogP contribution in [0.3, 0.4) is 0 Å². The zero-order chi connectivity index (χ0) is 15.1. The molecule has 0 heterocycles. The third-order valence-corrected chi connectivity index (χ3v) is 2.95. The lowest BCUT2D eigenvalue weighted by Gasteiger charge is -2.12. The third kappa shape index (κ3) is 4.12. The Hall–Kier alpha value is -1.76. The molecule has 0 unspecified atom stereocenters. The molecule has 1 amide bonds. The highest BCUT2D eigenvalue weighted by Gasteiger charge is 2.17. The third-order valence-electron chi connectivity index (χ3n) is 2.36. The average Bonchev–Trinajstić information content (AvgIpc) is 2.44. The molecule has 0 aromatic heterocycles. The minimum Gasteiger partial charge on any atom is -0.492 e. The zero-order valence-electron chi connectivity index (χ0n) is 11.5. The van der Waals surface area contributed by atoms with E-state index in [4.69, 9.17) is 14.2 Å². The van der Waals surface area contributed by atoms with Crippen molar-refractivity contribution in [2.75, 3.05) is 27.4 Å². The van der Waals surface area contributed by atoms with Crippen molar-refractivity contribution >= 4 is 27.8 Å². The summed E-state index contributed by atoms with van der Waals surface area (Å²) < 4.78 is 16.0. The molecule has 0 aliphatic heterocycles. The summed E-state index contributed by atoms with van der Waals surface area (Å²) >= 11 is 3.30. The van der Waals surface area contributed by atoms with Crippen molar-refractivity contribution in [3.8, 4) is 11.5 Å². The van der Waals surface area contributed by atoms with Gasteiger partial charge in [-0.15, -0.1) is 0 Å². The summed E-state index contributed by atoms with van der Waals surface area (Å²) in [5, 5.41) is 2.36. The van der Waals surface area contributed by atoms with Crippen LogP contribution < -0.4 is 14.8 Å². The molecular formula is C13H16BrNO5. The molecule has 0 saturated heterocycles. The number of methoxy groups -OCH3 is 1. The molecule has 0 bridgehead atoms. The van der Waals surface area contributed by atoms with Crippen LogP contribution in [0.15, 0.2) is 16.6 Å². The van der Waals surface area contributed by atoms with Gasteiger partial charge in [0, 0.05) is 7.05 Å². The van der Waals surface area contributed by atoms with Crippen molar-refractivity contribution in [2.45, 2.75) is 6.92 Å². The molecular weight excluding hydrogens is 330 g/mol. The monoisotopic (exact) mass is 345 g/mol. The predicted octanol–water partition coefficient (Wildman–Crippen LogP) is 1.76. The largest absolute Gasteiger partial charge is 0.492 e. The van der Waals surface area contributed by atoms with Gasteiger partial charge in [0.15, 0.2) is 18.1 Å². The second-order valence-electron chi connectivity index (χ2n) is 3.67. The van der Waals surface area contributed by atoms with Gasteiger partial charge in [-0.3, -0.25) is 4.79 Å². The number of esters is 1. The summed E-state index contributed by atoms with van der Waals surface area (Å²) in [6.07, 6.45) is 0. The molecule has 0 saturated carbocycles. The normalized spacial score (nSPS) is 9.80. The van der Waals surface area contributed by atoms with E-state index in [1.165, 1.54) is 20.2 Å². The van der Waals surface area contributed by atoms with Gasteiger partial charge in [-0.05, 0) is 35.0 Å². The maximum absolute atomic E-state index is 11.9. The summed E-state index contributed by atoms with van der Waals surface area (Å²) in [5.74, 6) is -0.0696. The van der Waals surface area contributed by atoms with Crippen LogP contribution in [0.2, 0.25) is 0 Å². The Balaban J connectivity index is 2.95. The van der Waals surface area contributed by atoms with Gasteiger partial charge in [0.25, 0.3) is 5.91 Å². The molecule has 1 rings (SSSR count). The summed E-state index contributed by atoms with van der Waals surface area (Å²) in [6.45, 7) is 1.92.